The summed E-state index contributed by atoms with van der Waals surface area (Å²) in [5, 5.41) is 0.609. The average Bonchev–Trinajstić information content (AvgIpc) is 2.47. The minimum Gasteiger partial charge on any atom is -0.381 e. The molecule has 0 atom stereocenters. The van der Waals surface area contributed by atoms with Gasteiger partial charge in [0.05, 0.1) is 5.75 Å². The Kier molecular flexibility index (Phi) is 5.54. The number of hydrogen-bond donors (Lipinski definition) is 1. The summed E-state index contributed by atoms with van der Waals surface area (Å²) in [6, 6.07) is 3.68. The first kappa shape index (κ1) is 15.9. The minimum atomic E-state index is -3.31. The van der Waals surface area contributed by atoms with Gasteiger partial charge in [-0.3, -0.25) is 4.98 Å². The molecule has 1 fully saturated rings. The van der Waals surface area contributed by atoms with E-state index in [1.165, 1.54) is 0 Å². The van der Waals surface area contributed by atoms with Crippen LogP contribution in [0.15, 0.2) is 24.5 Å². The first-order chi connectivity index (χ1) is 9.55. The Labute approximate surface area is 128 Å². The number of ether oxygens (including phenoxy) is 1. The van der Waals surface area contributed by atoms with Crippen LogP contribution in [0.2, 0.25) is 0 Å². The number of hydrogen-bond acceptors (Lipinski definition) is 4. The summed E-state index contributed by atoms with van der Waals surface area (Å²) >= 11 is 3.43. The van der Waals surface area contributed by atoms with E-state index in [9.17, 15) is 8.42 Å². The topological polar surface area (TPSA) is 68.3 Å². The lowest BCUT2D eigenvalue weighted by Gasteiger charge is -2.36. The highest BCUT2D eigenvalue weighted by atomic mass is 79.9. The lowest BCUT2D eigenvalue weighted by atomic mass is 9.94. The molecule has 1 saturated heterocycles. The Hall–Kier alpha value is -0.500. The molecule has 2 heterocycles. The molecule has 1 N–H and O–H groups in total. The van der Waals surface area contributed by atoms with Gasteiger partial charge in [-0.25, -0.2) is 13.1 Å². The molecule has 0 spiro atoms. The fraction of sp³-hybridized carbons (Fsp3) is 0.615. The first-order valence-electron chi connectivity index (χ1n) is 6.60. The number of pyridine rings is 1. The van der Waals surface area contributed by atoms with Crippen LogP contribution in [0.5, 0.6) is 0 Å². The van der Waals surface area contributed by atoms with E-state index < -0.39 is 15.6 Å². The van der Waals surface area contributed by atoms with Crippen LogP contribution in [0.25, 0.3) is 0 Å². The summed E-state index contributed by atoms with van der Waals surface area (Å²) in [6.07, 6.45) is 5.24. The monoisotopic (exact) mass is 362 g/mol. The van der Waals surface area contributed by atoms with Crippen molar-refractivity contribution in [3.8, 4) is 0 Å². The van der Waals surface area contributed by atoms with Crippen LogP contribution in [0.4, 0.5) is 0 Å². The third-order valence-electron chi connectivity index (χ3n) is 3.49. The Morgan fingerprint density at radius 1 is 1.30 bits per heavy atom. The van der Waals surface area contributed by atoms with Crippen molar-refractivity contribution >= 4 is 26.0 Å². The number of rotatable bonds is 6. The smallest absolute Gasteiger partial charge is 0.212 e. The second-order valence-electron chi connectivity index (χ2n) is 5.05. The van der Waals surface area contributed by atoms with Crippen LogP contribution in [0, 0.1) is 0 Å². The van der Waals surface area contributed by atoms with Gasteiger partial charge in [-0.15, -0.1) is 0 Å². The molecule has 0 bridgehead atoms. The van der Waals surface area contributed by atoms with Crippen LogP contribution in [0.3, 0.4) is 0 Å². The lowest BCUT2D eigenvalue weighted by molar-refractivity contribution is 0.0557. The fourth-order valence-corrected chi connectivity index (χ4v) is 4.64. The molecule has 1 aromatic heterocycles. The summed E-state index contributed by atoms with van der Waals surface area (Å²) in [7, 11) is -3.31. The summed E-state index contributed by atoms with van der Waals surface area (Å²) in [6.45, 7) is 1.19. The van der Waals surface area contributed by atoms with Crippen LogP contribution in [-0.4, -0.2) is 43.2 Å². The van der Waals surface area contributed by atoms with Gasteiger partial charge in [-0.2, -0.15) is 0 Å². The summed E-state index contributed by atoms with van der Waals surface area (Å²) in [5.74, 6) is 0.0899. The number of alkyl halides is 1. The molecule has 1 aliphatic rings. The number of nitrogens with one attached hydrogen (secondary N) is 1. The average molecular weight is 363 g/mol. The molecule has 0 amide bonds. The Balaban J connectivity index is 1.96. The standard InChI is InChI=1S/C13H19BrN2O3S/c14-11-13(4-8-19-9-5-13)16-20(17,18)10-3-12-1-6-15-7-2-12/h1-2,6-7,16H,3-5,8-11H2. The highest BCUT2D eigenvalue weighted by Gasteiger charge is 2.35. The van der Waals surface area contributed by atoms with E-state index in [2.05, 4.69) is 25.6 Å². The third-order valence-corrected chi connectivity index (χ3v) is 6.05. The molecule has 0 unspecified atom stereocenters. The fourth-order valence-electron chi connectivity index (χ4n) is 2.21. The zero-order chi connectivity index (χ0) is 14.5. The van der Waals surface area contributed by atoms with Crippen molar-refractivity contribution in [1.29, 1.82) is 0 Å². The van der Waals surface area contributed by atoms with Gasteiger partial charge in [0.15, 0.2) is 0 Å². The molecule has 0 aromatic carbocycles. The van der Waals surface area contributed by atoms with E-state index >= 15 is 0 Å². The van der Waals surface area contributed by atoms with Gasteiger partial charge >= 0.3 is 0 Å². The molecule has 20 heavy (non-hydrogen) atoms. The van der Waals surface area contributed by atoms with Crippen molar-refractivity contribution < 1.29 is 13.2 Å². The van der Waals surface area contributed by atoms with Gasteiger partial charge in [0, 0.05) is 36.5 Å². The van der Waals surface area contributed by atoms with E-state index in [1.807, 2.05) is 12.1 Å². The zero-order valence-corrected chi connectivity index (χ0v) is 13.6. The lowest BCUT2D eigenvalue weighted by Crippen LogP contribution is -2.53. The van der Waals surface area contributed by atoms with Crippen LogP contribution in [-0.2, 0) is 21.2 Å². The van der Waals surface area contributed by atoms with Gasteiger partial charge in [0.25, 0.3) is 0 Å². The predicted octanol–water partition coefficient (Wildman–Crippen LogP) is 1.49. The maximum Gasteiger partial charge on any atom is 0.212 e. The Morgan fingerprint density at radius 2 is 1.95 bits per heavy atom. The Morgan fingerprint density at radius 3 is 2.55 bits per heavy atom. The molecule has 1 aromatic rings. The van der Waals surface area contributed by atoms with Gasteiger partial charge in [-0.05, 0) is 37.0 Å². The molecule has 1 aliphatic heterocycles. The van der Waals surface area contributed by atoms with Crippen molar-refractivity contribution in [2.75, 3.05) is 24.3 Å². The maximum absolute atomic E-state index is 12.2. The number of nitrogens with zero attached hydrogens (tertiary/aromatic N) is 1. The van der Waals surface area contributed by atoms with Crippen LogP contribution >= 0.6 is 15.9 Å². The zero-order valence-electron chi connectivity index (χ0n) is 11.2. The number of sulfonamides is 1. The van der Waals surface area contributed by atoms with E-state index in [1.54, 1.807) is 12.4 Å². The van der Waals surface area contributed by atoms with Crippen molar-refractivity contribution in [2.45, 2.75) is 24.8 Å². The van der Waals surface area contributed by atoms with E-state index in [0.29, 0.717) is 37.8 Å². The predicted molar refractivity (Wildman–Crippen MR) is 81.4 cm³/mol. The van der Waals surface area contributed by atoms with Crippen LogP contribution in [0.1, 0.15) is 18.4 Å². The number of halogens is 1. The molecule has 5 nitrogen and oxygen atoms in total. The highest BCUT2D eigenvalue weighted by molar-refractivity contribution is 9.09. The minimum absolute atomic E-state index is 0.0899. The van der Waals surface area contributed by atoms with Crippen molar-refractivity contribution in [3.05, 3.63) is 30.1 Å². The van der Waals surface area contributed by atoms with Gasteiger partial charge in [0.2, 0.25) is 10.0 Å². The van der Waals surface area contributed by atoms with Crippen molar-refractivity contribution in [2.24, 2.45) is 0 Å². The molecule has 0 aliphatic carbocycles. The normalized spacial score (nSPS) is 18.9. The largest absolute Gasteiger partial charge is 0.381 e. The second-order valence-corrected chi connectivity index (χ2v) is 7.46. The molecule has 0 saturated carbocycles. The molecular weight excluding hydrogens is 344 g/mol. The Bertz CT molecular complexity index is 516. The first-order valence-corrected chi connectivity index (χ1v) is 9.37. The summed E-state index contributed by atoms with van der Waals surface area (Å²) < 4.78 is 32.7. The number of aromatic nitrogens is 1. The van der Waals surface area contributed by atoms with E-state index in [0.717, 1.165) is 5.56 Å². The molecule has 2 rings (SSSR count). The molecular formula is C13H19BrN2O3S. The SMILES string of the molecule is O=S(=O)(CCc1ccncc1)NC1(CBr)CCOCC1. The summed E-state index contributed by atoms with van der Waals surface area (Å²) in [5.41, 5.74) is 0.570. The van der Waals surface area contributed by atoms with Crippen molar-refractivity contribution in [1.82, 2.24) is 9.71 Å². The quantitative estimate of drug-likeness (QED) is 0.778. The van der Waals surface area contributed by atoms with Crippen molar-refractivity contribution in [3.63, 3.8) is 0 Å². The number of aryl methyl sites for hydroxylation is 1. The molecule has 0 radical (unpaired) electrons. The van der Waals surface area contributed by atoms with Gasteiger partial charge < -0.3 is 4.74 Å². The summed E-state index contributed by atoms with van der Waals surface area (Å²) in [4.78, 5) is 3.92. The third kappa shape index (κ3) is 4.51. The van der Waals surface area contributed by atoms with E-state index in [-0.39, 0.29) is 5.75 Å². The van der Waals surface area contributed by atoms with Crippen LogP contribution < -0.4 is 4.72 Å². The molecule has 112 valence electrons. The highest BCUT2D eigenvalue weighted by Crippen LogP contribution is 2.24. The molecule has 7 heteroatoms. The van der Waals surface area contributed by atoms with Gasteiger partial charge in [0.1, 0.15) is 0 Å². The van der Waals surface area contributed by atoms with E-state index in [4.69, 9.17) is 4.74 Å². The van der Waals surface area contributed by atoms with Gasteiger partial charge in [-0.1, -0.05) is 15.9 Å². The maximum atomic E-state index is 12.2. The second kappa shape index (κ2) is 6.98.